The molecule has 1 N–H and O–H groups in total. The van der Waals surface area contributed by atoms with Gasteiger partial charge in [-0.25, -0.2) is 9.78 Å². The van der Waals surface area contributed by atoms with Crippen molar-refractivity contribution >= 4 is 28.9 Å². The van der Waals surface area contributed by atoms with Gasteiger partial charge in [0.2, 0.25) is 0 Å². The van der Waals surface area contributed by atoms with E-state index < -0.39 is 5.97 Å². The predicted octanol–water partition coefficient (Wildman–Crippen LogP) is 3.64. The second kappa shape index (κ2) is 6.04. The van der Waals surface area contributed by atoms with Crippen molar-refractivity contribution in [3.05, 3.63) is 44.9 Å². The molecule has 6 heteroatoms. The molecule has 0 fully saturated rings. The summed E-state index contributed by atoms with van der Waals surface area (Å²) < 4.78 is 5.50. The van der Waals surface area contributed by atoms with Crippen LogP contribution < -0.4 is 4.74 Å². The zero-order chi connectivity index (χ0) is 13.8. The first kappa shape index (κ1) is 13.8. The van der Waals surface area contributed by atoms with Crippen molar-refractivity contribution in [1.82, 2.24) is 4.98 Å². The number of aromatic carboxylic acids is 1. The quantitative estimate of drug-likeness (QED) is 0.915. The fourth-order valence-electron chi connectivity index (χ4n) is 1.56. The lowest BCUT2D eigenvalue weighted by atomic mass is 10.2. The van der Waals surface area contributed by atoms with Crippen LogP contribution in [-0.2, 0) is 13.0 Å². The maximum Gasteiger partial charge on any atom is 0.341 e. The number of benzene rings is 1. The first-order valence-corrected chi connectivity index (χ1v) is 6.95. The highest BCUT2D eigenvalue weighted by Crippen LogP contribution is 2.27. The molecule has 0 atom stereocenters. The van der Waals surface area contributed by atoms with E-state index in [1.165, 1.54) is 6.07 Å². The highest BCUT2D eigenvalue weighted by Gasteiger charge is 2.15. The molecule has 0 amide bonds. The first-order chi connectivity index (χ1) is 9.11. The topological polar surface area (TPSA) is 59.4 Å². The number of nitrogens with zero attached hydrogens (tertiary/aromatic N) is 1. The lowest BCUT2D eigenvalue weighted by Gasteiger charge is -2.08. The van der Waals surface area contributed by atoms with E-state index in [2.05, 4.69) is 4.98 Å². The molecule has 4 nitrogen and oxygen atoms in total. The number of halogens is 1. The Labute approximate surface area is 119 Å². The van der Waals surface area contributed by atoms with Crippen LogP contribution in [0.5, 0.6) is 5.75 Å². The third-order valence-corrected chi connectivity index (χ3v) is 3.82. The predicted molar refractivity (Wildman–Crippen MR) is 74.2 cm³/mol. The normalized spacial score (nSPS) is 10.4. The molecule has 1 aromatic carbocycles. The number of rotatable bonds is 5. The third kappa shape index (κ3) is 3.24. The summed E-state index contributed by atoms with van der Waals surface area (Å²) in [6.45, 7) is 2.26. The number of hydrogen-bond acceptors (Lipinski definition) is 4. The number of thiazole rings is 1. The van der Waals surface area contributed by atoms with Gasteiger partial charge < -0.3 is 9.84 Å². The molecule has 0 aliphatic rings. The van der Waals surface area contributed by atoms with Gasteiger partial charge in [0.15, 0.2) is 0 Å². The van der Waals surface area contributed by atoms with Gasteiger partial charge in [-0.15, -0.1) is 11.3 Å². The molecule has 1 aromatic heterocycles. The molecule has 0 saturated carbocycles. The van der Waals surface area contributed by atoms with Gasteiger partial charge in [-0.1, -0.05) is 24.6 Å². The Bertz CT molecular complexity index is 597. The van der Waals surface area contributed by atoms with Gasteiger partial charge in [0, 0.05) is 5.38 Å². The number of carboxylic acid groups (broad SMARTS) is 1. The van der Waals surface area contributed by atoms with E-state index in [1.54, 1.807) is 23.5 Å². The minimum Gasteiger partial charge on any atom is -0.486 e. The Hall–Kier alpha value is -1.59. The zero-order valence-electron chi connectivity index (χ0n) is 10.2. The molecular formula is C13H12ClNO3S. The Morgan fingerprint density at radius 2 is 2.32 bits per heavy atom. The number of aryl methyl sites for hydroxylation is 1. The van der Waals surface area contributed by atoms with Crippen LogP contribution in [0.15, 0.2) is 23.6 Å². The summed E-state index contributed by atoms with van der Waals surface area (Å²) in [4.78, 5) is 15.5. The fraction of sp³-hybridized carbons (Fsp3) is 0.231. The Morgan fingerprint density at radius 3 is 2.95 bits per heavy atom. The van der Waals surface area contributed by atoms with Crippen LogP contribution in [-0.4, -0.2) is 16.1 Å². The largest absolute Gasteiger partial charge is 0.486 e. The molecule has 0 radical (unpaired) electrons. The summed E-state index contributed by atoms with van der Waals surface area (Å²) in [5.74, 6) is -0.848. The van der Waals surface area contributed by atoms with Crippen molar-refractivity contribution in [2.45, 2.75) is 20.0 Å². The van der Waals surface area contributed by atoms with Gasteiger partial charge in [-0.2, -0.15) is 0 Å². The van der Waals surface area contributed by atoms with E-state index in [0.717, 1.165) is 17.1 Å². The maximum atomic E-state index is 11.1. The SMILES string of the molecule is CCc1nc(COc2cccc(Cl)c2C(=O)O)cs1. The van der Waals surface area contributed by atoms with E-state index in [1.807, 2.05) is 12.3 Å². The molecule has 0 unspecified atom stereocenters. The average Bonchev–Trinajstić information content (AvgIpc) is 2.83. The van der Waals surface area contributed by atoms with E-state index in [9.17, 15) is 4.79 Å². The van der Waals surface area contributed by atoms with Crippen LogP contribution >= 0.6 is 22.9 Å². The summed E-state index contributed by atoms with van der Waals surface area (Å²) in [6, 6.07) is 4.76. The van der Waals surface area contributed by atoms with Gasteiger partial charge in [0.1, 0.15) is 17.9 Å². The minimum atomic E-state index is -1.10. The summed E-state index contributed by atoms with van der Waals surface area (Å²) in [7, 11) is 0. The molecule has 1 heterocycles. The van der Waals surface area contributed by atoms with Crippen molar-refractivity contribution < 1.29 is 14.6 Å². The second-order valence-corrected chi connectivity index (χ2v) is 5.14. The van der Waals surface area contributed by atoms with E-state index in [4.69, 9.17) is 21.4 Å². The number of ether oxygens (including phenoxy) is 1. The molecule has 0 aliphatic heterocycles. The van der Waals surface area contributed by atoms with Gasteiger partial charge in [-0.05, 0) is 18.6 Å². The molecule has 0 saturated heterocycles. The monoisotopic (exact) mass is 297 g/mol. The Balaban J connectivity index is 2.15. The third-order valence-electron chi connectivity index (χ3n) is 2.47. The summed E-state index contributed by atoms with van der Waals surface area (Å²) in [6.07, 6.45) is 0.877. The van der Waals surface area contributed by atoms with Crippen LogP contribution in [0.3, 0.4) is 0 Å². The molecule has 0 bridgehead atoms. The van der Waals surface area contributed by atoms with Crippen LogP contribution in [0, 0.1) is 0 Å². The highest BCUT2D eigenvalue weighted by atomic mass is 35.5. The van der Waals surface area contributed by atoms with Crippen LogP contribution in [0.2, 0.25) is 5.02 Å². The maximum absolute atomic E-state index is 11.1. The van der Waals surface area contributed by atoms with Crippen molar-refractivity contribution in [3.63, 3.8) is 0 Å². The smallest absolute Gasteiger partial charge is 0.341 e. The highest BCUT2D eigenvalue weighted by molar-refractivity contribution is 7.09. The standard InChI is InChI=1S/C13H12ClNO3S/c1-2-11-15-8(7-19-11)6-18-10-5-3-4-9(14)12(10)13(16)17/h3-5,7H,2,6H2,1H3,(H,16,17). The average molecular weight is 298 g/mol. The van der Waals surface area contributed by atoms with Crippen molar-refractivity contribution in [1.29, 1.82) is 0 Å². The lowest BCUT2D eigenvalue weighted by Crippen LogP contribution is -2.04. The lowest BCUT2D eigenvalue weighted by molar-refractivity contribution is 0.0692. The summed E-state index contributed by atoms with van der Waals surface area (Å²) in [5, 5.41) is 12.2. The number of aromatic nitrogens is 1. The van der Waals surface area contributed by atoms with E-state index >= 15 is 0 Å². The minimum absolute atomic E-state index is 0.0184. The van der Waals surface area contributed by atoms with Crippen molar-refractivity contribution in [2.75, 3.05) is 0 Å². The molecule has 2 rings (SSSR count). The zero-order valence-corrected chi connectivity index (χ0v) is 11.8. The summed E-state index contributed by atoms with van der Waals surface area (Å²) in [5.41, 5.74) is 0.772. The number of hydrogen-bond donors (Lipinski definition) is 1. The molecule has 19 heavy (non-hydrogen) atoms. The van der Waals surface area contributed by atoms with E-state index in [0.29, 0.717) is 0 Å². The second-order valence-electron chi connectivity index (χ2n) is 3.79. The fourth-order valence-corrected chi connectivity index (χ4v) is 2.54. The molecular weight excluding hydrogens is 286 g/mol. The number of carbonyl (C=O) groups is 1. The number of carboxylic acids is 1. The van der Waals surface area contributed by atoms with Crippen molar-refractivity contribution in [3.8, 4) is 5.75 Å². The molecule has 0 aliphatic carbocycles. The first-order valence-electron chi connectivity index (χ1n) is 5.69. The Morgan fingerprint density at radius 1 is 1.53 bits per heavy atom. The molecule has 100 valence electrons. The molecule has 2 aromatic rings. The van der Waals surface area contributed by atoms with Gasteiger partial charge in [0.05, 0.1) is 15.7 Å². The van der Waals surface area contributed by atoms with Gasteiger partial charge in [-0.3, -0.25) is 0 Å². The summed E-state index contributed by atoms with van der Waals surface area (Å²) >= 11 is 7.42. The van der Waals surface area contributed by atoms with Crippen LogP contribution in [0.25, 0.3) is 0 Å². The van der Waals surface area contributed by atoms with E-state index in [-0.39, 0.29) is 22.9 Å². The van der Waals surface area contributed by atoms with Gasteiger partial charge in [0.25, 0.3) is 0 Å². The van der Waals surface area contributed by atoms with Gasteiger partial charge >= 0.3 is 5.97 Å². The molecule has 0 spiro atoms. The van der Waals surface area contributed by atoms with Crippen LogP contribution in [0.1, 0.15) is 28.0 Å². The van der Waals surface area contributed by atoms with Crippen LogP contribution in [0.4, 0.5) is 0 Å². The van der Waals surface area contributed by atoms with Crippen molar-refractivity contribution in [2.24, 2.45) is 0 Å². The Kier molecular flexibility index (Phi) is 4.39.